The molecule has 24 heavy (non-hydrogen) atoms. The highest BCUT2D eigenvalue weighted by atomic mass is 79.9. The zero-order valence-corrected chi connectivity index (χ0v) is 14.5. The van der Waals surface area contributed by atoms with Crippen molar-refractivity contribution in [3.05, 3.63) is 64.6 Å². The van der Waals surface area contributed by atoms with Gasteiger partial charge in [-0.05, 0) is 29.8 Å². The van der Waals surface area contributed by atoms with Crippen molar-refractivity contribution in [3.63, 3.8) is 0 Å². The van der Waals surface area contributed by atoms with Crippen molar-refractivity contribution in [2.24, 2.45) is 0 Å². The van der Waals surface area contributed by atoms with Crippen LogP contribution >= 0.6 is 15.9 Å². The average Bonchev–Trinajstić information content (AvgIpc) is 2.90. The highest BCUT2D eigenvalue weighted by molar-refractivity contribution is 9.10. The summed E-state index contributed by atoms with van der Waals surface area (Å²) in [6, 6.07) is 16.5. The van der Waals surface area contributed by atoms with E-state index < -0.39 is 17.4 Å². The largest absolute Gasteiger partial charge is 0.372 e. The van der Waals surface area contributed by atoms with E-state index >= 15 is 0 Å². The number of aliphatic hydroxyl groups is 1. The molecule has 1 aliphatic rings. The molecule has 0 radical (unpaired) electrons. The van der Waals surface area contributed by atoms with Gasteiger partial charge in [-0.25, -0.2) is 0 Å². The molecule has 0 spiro atoms. The van der Waals surface area contributed by atoms with Crippen LogP contribution in [0.5, 0.6) is 0 Å². The number of hydrogen-bond donors (Lipinski definition) is 2. The van der Waals surface area contributed by atoms with Crippen molar-refractivity contribution < 1.29 is 14.7 Å². The van der Waals surface area contributed by atoms with Crippen LogP contribution in [0.15, 0.2) is 59.1 Å². The Kier molecular flexibility index (Phi) is 4.69. The van der Waals surface area contributed by atoms with Gasteiger partial charge in [-0.2, -0.15) is 0 Å². The van der Waals surface area contributed by atoms with Crippen LogP contribution in [0.2, 0.25) is 0 Å². The monoisotopic (exact) mass is 388 g/mol. The van der Waals surface area contributed by atoms with E-state index in [1.807, 2.05) is 42.5 Å². The average molecular weight is 389 g/mol. The minimum Gasteiger partial charge on any atom is -0.372 e. The number of halogens is 1. The predicted molar refractivity (Wildman–Crippen MR) is 94.4 cm³/mol. The van der Waals surface area contributed by atoms with Gasteiger partial charge in [0.25, 0.3) is 11.8 Å². The van der Waals surface area contributed by atoms with E-state index in [0.29, 0.717) is 12.2 Å². The summed E-state index contributed by atoms with van der Waals surface area (Å²) in [5.41, 5.74) is -0.452. The molecule has 0 saturated carbocycles. The molecule has 2 N–H and O–H groups in total. The van der Waals surface area contributed by atoms with Crippen LogP contribution in [0.25, 0.3) is 0 Å². The molecule has 3 rings (SSSR count). The second-order valence-corrected chi connectivity index (χ2v) is 6.63. The smallest absolute Gasteiger partial charge is 0.268 e. The van der Waals surface area contributed by atoms with Crippen LogP contribution in [-0.2, 0) is 16.1 Å². The van der Waals surface area contributed by atoms with E-state index in [-0.39, 0.29) is 13.0 Å². The Balaban J connectivity index is 1.69. The zero-order chi connectivity index (χ0) is 17.2. The molecule has 1 saturated heterocycles. The Morgan fingerprint density at radius 3 is 2.67 bits per heavy atom. The number of nitrogens with zero attached hydrogens (tertiary/aromatic N) is 1. The van der Waals surface area contributed by atoms with Crippen LogP contribution in [0.4, 0.5) is 5.69 Å². The van der Waals surface area contributed by atoms with Crippen molar-refractivity contribution in [2.45, 2.75) is 18.6 Å². The van der Waals surface area contributed by atoms with Gasteiger partial charge < -0.3 is 15.3 Å². The summed E-state index contributed by atoms with van der Waals surface area (Å²) in [6.45, 7) is 0.558. The molecule has 1 aliphatic heterocycles. The van der Waals surface area contributed by atoms with Crippen molar-refractivity contribution >= 4 is 33.4 Å². The predicted octanol–water partition coefficient (Wildman–Crippen LogP) is 2.23. The maximum atomic E-state index is 12.5. The molecule has 6 heteroatoms. The summed E-state index contributed by atoms with van der Waals surface area (Å²) < 4.78 is 0.903. The fraction of sp³-hybridized carbons (Fsp3) is 0.222. The molecule has 0 aliphatic carbocycles. The number of carbonyl (C=O) groups excluding carboxylic acids is 2. The van der Waals surface area contributed by atoms with E-state index in [1.165, 1.54) is 4.90 Å². The van der Waals surface area contributed by atoms with Crippen LogP contribution < -0.4 is 10.2 Å². The maximum absolute atomic E-state index is 12.5. The van der Waals surface area contributed by atoms with Gasteiger partial charge in [-0.1, -0.05) is 46.3 Å². The third-order valence-electron chi connectivity index (χ3n) is 4.08. The van der Waals surface area contributed by atoms with Crippen LogP contribution in [0.1, 0.15) is 12.0 Å². The standard InChI is InChI=1S/C18H17BrN2O3/c19-14-6-4-5-13(11-14)12-20-16(22)18(24)9-10-21(17(18)23)15-7-2-1-3-8-15/h1-8,11,24H,9-10,12H2,(H,20,22)/t18-/m0/s1. The summed E-state index contributed by atoms with van der Waals surface area (Å²) in [7, 11) is 0. The fourth-order valence-electron chi connectivity index (χ4n) is 2.75. The maximum Gasteiger partial charge on any atom is 0.268 e. The Hall–Kier alpha value is -2.18. The fourth-order valence-corrected chi connectivity index (χ4v) is 3.19. The lowest BCUT2D eigenvalue weighted by atomic mass is 10.0. The van der Waals surface area contributed by atoms with Gasteiger partial charge in [0.2, 0.25) is 5.60 Å². The zero-order valence-electron chi connectivity index (χ0n) is 12.9. The number of para-hydroxylation sites is 1. The summed E-state index contributed by atoms with van der Waals surface area (Å²) in [5.74, 6) is -1.24. The number of rotatable bonds is 4. The van der Waals surface area contributed by atoms with Crippen LogP contribution in [0, 0.1) is 0 Å². The van der Waals surface area contributed by atoms with Gasteiger partial charge >= 0.3 is 0 Å². The second-order valence-electron chi connectivity index (χ2n) is 5.72. The first-order valence-electron chi connectivity index (χ1n) is 7.63. The Labute approximate surface area is 148 Å². The molecule has 0 unspecified atom stereocenters. The number of anilines is 1. The minimum absolute atomic E-state index is 0.0744. The lowest BCUT2D eigenvalue weighted by Crippen LogP contribution is -2.52. The van der Waals surface area contributed by atoms with Crippen molar-refractivity contribution in [1.29, 1.82) is 0 Å². The first-order valence-corrected chi connectivity index (χ1v) is 8.42. The summed E-state index contributed by atoms with van der Waals surface area (Å²) in [6.07, 6.45) is 0.0744. The molecular formula is C18H17BrN2O3. The molecule has 1 fully saturated rings. The topological polar surface area (TPSA) is 69.6 Å². The van der Waals surface area contributed by atoms with E-state index in [2.05, 4.69) is 21.2 Å². The van der Waals surface area contributed by atoms with E-state index in [4.69, 9.17) is 0 Å². The lowest BCUT2D eigenvalue weighted by molar-refractivity contribution is -0.149. The molecule has 5 nitrogen and oxygen atoms in total. The normalized spacial score (nSPS) is 20.2. The van der Waals surface area contributed by atoms with Crippen LogP contribution in [0.3, 0.4) is 0 Å². The summed E-state index contributed by atoms with van der Waals surface area (Å²) in [5, 5.41) is 13.2. The lowest BCUT2D eigenvalue weighted by Gasteiger charge is -2.21. The summed E-state index contributed by atoms with van der Waals surface area (Å²) in [4.78, 5) is 26.4. The molecule has 0 bridgehead atoms. The first kappa shape index (κ1) is 16.7. The number of nitrogens with one attached hydrogen (secondary N) is 1. The molecule has 2 amide bonds. The highest BCUT2D eigenvalue weighted by Gasteiger charge is 2.51. The van der Waals surface area contributed by atoms with Crippen molar-refractivity contribution in [1.82, 2.24) is 5.32 Å². The molecule has 124 valence electrons. The minimum atomic E-state index is -2.01. The Morgan fingerprint density at radius 2 is 1.96 bits per heavy atom. The van der Waals surface area contributed by atoms with Gasteiger partial charge in [-0.15, -0.1) is 0 Å². The van der Waals surface area contributed by atoms with Gasteiger partial charge in [-0.3, -0.25) is 9.59 Å². The van der Waals surface area contributed by atoms with Crippen molar-refractivity contribution in [2.75, 3.05) is 11.4 Å². The highest BCUT2D eigenvalue weighted by Crippen LogP contribution is 2.28. The van der Waals surface area contributed by atoms with Gasteiger partial charge in [0.1, 0.15) is 0 Å². The molecule has 0 aromatic heterocycles. The van der Waals surface area contributed by atoms with Gasteiger partial charge in [0, 0.05) is 29.7 Å². The number of amides is 2. The number of hydrogen-bond acceptors (Lipinski definition) is 3. The van der Waals surface area contributed by atoms with E-state index in [9.17, 15) is 14.7 Å². The number of carbonyl (C=O) groups is 2. The van der Waals surface area contributed by atoms with Crippen LogP contribution in [-0.4, -0.2) is 29.1 Å². The van der Waals surface area contributed by atoms with E-state index in [1.54, 1.807) is 12.1 Å². The SMILES string of the molecule is O=C(NCc1cccc(Br)c1)[C@@]1(O)CCN(c2ccccc2)C1=O. The Morgan fingerprint density at radius 1 is 1.21 bits per heavy atom. The quantitative estimate of drug-likeness (QED) is 0.789. The van der Waals surface area contributed by atoms with Gasteiger partial charge in [0.05, 0.1) is 0 Å². The first-order chi connectivity index (χ1) is 11.5. The molecule has 1 heterocycles. The number of benzene rings is 2. The third kappa shape index (κ3) is 3.20. The van der Waals surface area contributed by atoms with Gasteiger partial charge in [0.15, 0.2) is 0 Å². The molecular weight excluding hydrogens is 372 g/mol. The van der Waals surface area contributed by atoms with Crippen molar-refractivity contribution in [3.8, 4) is 0 Å². The Bertz CT molecular complexity index is 766. The molecule has 2 aromatic rings. The molecule has 2 aromatic carbocycles. The van der Waals surface area contributed by atoms with E-state index in [0.717, 1.165) is 10.0 Å². The second kappa shape index (κ2) is 6.75. The summed E-state index contributed by atoms with van der Waals surface area (Å²) >= 11 is 3.37. The third-order valence-corrected chi connectivity index (χ3v) is 4.58. The molecule has 1 atom stereocenters.